The smallest absolute Gasteiger partial charge is 0.331 e. The van der Waals surface area contributed by atoms with Gasteiger partial charge >= 0.3 is 11.7 Å². The van der Waals surface area contributed by atoms with Crippen molar-refractivity contribution in [3.63, 3.8) is 0 Å². The van der Waals surface area contributed by atoms with Crippen LogP contribution in [0, 0.1) is 0 Å². The predicted molar refractivity (Wildman–Crippen MR) is 66.3 cm³/mol. The minimum atomic E-state index is -0.666. The summed E-state index contributed by atoms with van der Waals surface area (Å²) in [5, 5.41) is 0. The van der Waals surface area contributed by atoms with Crippen molar-refractivity contribution in [3.05, 3.63) is 27.0 Å². The molecule has 1 aromatic heterocycles. The molecule has 0 aliphatic heterocycles. The van der Waals surface area contributed by atoms with E-state index in [1.54, 1.807) is 6.92 Å². The highest BCUT2D eigenvalue weighted by Crippen LogP contribution is 1.92. The van der Waals surface area contributed by atoms with Crippen molar-refractivity contribution >= 4 is 11.7 Å². The van der Waals surface area contributed by atoms with Crippen LogP contribution in [0.2, 0.25) is 0 Å². The molecular weight excluding hydrogens is 238 g/mol. The quantitative estimate of drug-likeness (QED) is 0.720. The number of ether oxygens (including phenoxy) is 1. The number of hydrogen-bond donors (Lipinski definition) is 1. The summed E-state index contributed by atoms with van der Waals surface area (Å²) < 4.78 is 6.82. The molecule has 0 aliphatic carbocycles. The summed E-state index contributed by atoms with van der Waals surface area (Å²) in [6.07, 6.45) is 2.02. The SMILES string of the molecule is CCCn1cc(N)c(=O)n(CC(=O)OCC)c1=O. The highest BCUT2D eigenvalue weighted by molar-refractivity contribution is 5.69. The monoisotopic (exact) mass is 255 g/mol. The van der Waals surface area contributed by atoms with Crippen LogP contribution in [0.4, 0.5) is 5.69 Å². The van der Waals surface area contributed by atoms with Crippen LogP contribution in [0.3, 0.4) is 0 Å². The number of carbonyl (C=O) groups excluding carboxylic acids is 1. The molecule has 0 saturated carbocycles. The molecule has 0 spiro atoms. The van der Waals surface area contributed by atoms with E-state index in [2.05, 4.69) is 0 Å². The van der Waals surface area contributed by atoms with Crippen molar-refractivity contribution in [2.75, 3.05) is 12.3 Å². The molecule has 1 aromatic rings. The number of hydrogen-bond acceptors (Lipinski definition) is 5. The van der Waals surface area contributed by atoms with E-state index in [-0.39, 0.29) is 12.3 Å². The Morgan fingerprint density at radius 3 is 2.61 bits per heavy atom. The Hall–Kier alpha value is -2.05. The molecule has 0 amide bonds. The van der Waals surface area contributed by atoms with E-state index in [1.165, 1.54) is 10.8 Å². The maximum atomic E-state index is 11.9. The molecule has 0 fully saturated rings. The van der Waals surface area contributed by atoms with E-state index in [9.17, 15) is 14.4 Å². The van der Waals surface area contributed by atoms with E-state index in [0.29, 0.717) is 6.54 Å². The molecule has 0 atom stereocenters. The predicted octanol–water partition coefficient (Wildman–Crippen LogP) is -0.435. The second kappa shape index (κ2) is 6.04. The number of esters is 1. The molecule has 0 radical (unpaired) electrons. The van der Waals surface area contributed by atoms with Crippen LogP contribution in [0.5, 0.6) is 0 Å². The number of anilines is 1. The van der Waals surface area contributed by atoms with Gasteiger partial charge in [-0.1, -0.05) is 6.92 Å². The van der Waals surface area contributed by atoms with Crippen LogP contribution in [-0.2, 0) is 22.6 Å². The normalized spacial score (nSPS) is 10.3. The number of aryl methyl sites for hydroxylation is 1. The summed E-state index contributed by atoms with van der Waals surface area (Å²) in [5.74, 6) is -0.634. The average Bonchev–Trinajstić information content (AvgIpc) is 2.32. The highest BCUT2D eigenvalue weighted by Gasteiger charge is 2.12. The van der Waals surface area contributed by atoms with Gasteiger partial charge in [0.05, 0.1) is 6.61 Å². The van der Waals surface area contributed by atoms with Crippen molar-refractivity contribution in [1.82, 2.24) is 9.13 Å². The first-order valence-corrected chi connectivity index (χ1v) is 5.76. The Kier molecular flexibility index (Phi) is 4.70. The second-order valence-corrected chi connectivity index (χ2v) is 3.76. The van der Waals surface area contributed by atoms with E-state index in [0.717, 1.165) is 11.0 Å². The van der Waals surface area contributed by atoms with Gasteiger partial charge < -0.3 is 10.5 Å². The number of nitrogens with two attached hydrogens (primary N) is 1. The van der Waals surface area contributed by atoms with Crippen LogP contribution >= 0.6 is 0 Å². The number of rotatable bonds is 5. The number of nitrogen functional groups attached to an aromatic ring is 1. The number of aromatic nitrogens is 2. The van der Waals surface area contributed by atoms with Crippen LogP contribution in [0.1, 0.15) is 20.3 Å². The molecule has 2 N–H and O–H groups in total. The lowest BCUT2D eigenvalue weighted by molar-refractivity contribution is -0.143. The number of carbonyl (C=O) groups is 1. The Morgan fingerprint density at radius 1 is 1.39 bits per heavy atom. The minimum Gasteiger partial charge on any atom is -0.465 e. The van der Waals surface area contributed by atoms with Gasteiger partial charge in [-0.15, -0.1) is 0 Å². The molecule has 100 valence electrons. The third-order valence-electron chi connectivity index (χ3n) is 2.32. The zero-order valence-corrected chi connectivity index (χ0v) is 10.5. The van der Waals surface area contributed by atoms with E-state index in [1.807, 2.05) is 6.92 Å². The first kappa shape index (κ1) is 14.0. The van der Waals surface area contributed by atoms with Gasteiger partial charge in [0.1, 0.15) is 12.2 Å². The molecule has 1 heterocycles. The third-order valence-corrected chi connectivity index (χ3v) is 2.32. The maximum absolute atomic E-state index is 11.9. The summed E-state index contributed by atoms with van der Waals surface area (Å²) in [6.45, 7) is 3.75. The lowest BCUT2D eigenvalue weighted by Crippen LogP contribution is -2.42. The van der Waals surface area contributed by atoms with Crippen molar-refractivity contribution in [3.8, 4) is 0 Å². The van der Waals surface area contributed by atoms with Crippen molar-refractivity contribution < 1.29 is 9.53 Å². The largest absolute Gasteiger partial charge is 0.465 e. The zero-order chi connectivity index (χ0) is 13.7. The summed E-state index contributed by atoms with van der Waals surface area (Å²) in [4.78, 5) is 35.0. The van der Waals surface area contributed by atoms with E-state index < -0.39 is 23.8 Å². The van der Waals surface area contributed by atoms with Crippen molar-refractivity contribution in [2.24, 2.45) is 0 Å². The highest BCUT2D eigenvalue weighted by atomic mass is 16.5. The van der Waals surface area contributed by atoms with Gasteiger partial charge in [0.2, 0.25) is 0 Å². The fraction of sp³-hybridized carbons (Fsp3) is 0.545. The van der Waals surface area contributed by atoms with Crippen LogP contribution in [-0.4, -0.2) is 21.7 Å². The van der Waals surface area contributed by atoms with E-state index in [4.69, 9.17) is 10.5 Å². The molecule has 1 rings (SSSR count). The van der Waals surface area contributed by atoms with E-state index >= 15 is 0 Å². The second-order valence-electron chi connectivity index (χ2n) is 3.76. The molecule has 7 nitrogen and oxygen atoms in total. The van der Waals surface area contributed by atoms with Crippen LogP contribution in [0.25, 0.3) is 0 Å². The van der Waals surface area contributed by atoms with Gasteiger partial charge in [-0.25, -0.2) is 9.36 Å². The van der Waals surface area contributed by atoms with Gasteiger partial charge in [-0.3, -0.25) is 14.2 Å². The molecule has 0 unspecified atom stereocenters. The van der Waals surface area contributed by atoms with Gasteiger partial charge in [0.25, 0.3) is 5.56 Å². The van der Waals surface area contributed by atoms with Gasteiger partial charge in [-0.05, 0) is 13.3 Å². The molecule has 0 bridgehead atoms. The molecule has 0 saturated heterocycles. The Bertz CT molecular complexity index is 544. The average molecular weight is 255 g/mol. The lowest BCUT2D eigenvalue weighted by atomic mass is 10.4. The van der Waals surface area contributed by atoms with Crippen LogP contribution < -0.4 is 17.0 Å². The van der Waals surface area contributed by atoms with Gasteiger partial charge in [-0.2, -0.15) is 0 Å². The van der Waals surface area contributed by atoms with Crippen LogP contribution in [0.15, 0.2) is 15.8 Å². The Balaban J connectivity index is 3.21. The van der Waals surface area contributed by atoms with Gasteiger partial charge in [0, 0.05) is 12.7 Å². The fourth-order valence-electron chi connectivity index (χ4n) is 1.55. The first-order valence-electron chi connectivity index (χ1n) is 5.76. The Labute approximate surface area is 104 Å². The summed E-state index contributed by atoms with van der Waals surface area (Å²) >= 11 is 0. The van der Waals surface area contributed by atoms with Gasteiger partial charge in [0.15, 0.2) is 0 Å². The summed E-state index contributed by atoms with van der Waals surface area (Å²) in [5.41, 5.74) is 4.24. The van der Waals surface area contributed by atoms with Crippen molar-refractivity contribution in [1.29, 1.82) is 0 Å². The minimum absolute atomic E-state index is 0.0626. The molecular formula is C11H17N3O4. The maximum Gasteiger partial charge on any atom is 0.331 e. The lowest BCUT2D eigenvalue weighted by Gasteiger charge is -2.10. The molecule has 7 heteroatoms. The molecule has 18 heavy (non-hydrogen) atoms. The fourth-order valence-corrected chi connectivity index (χ4v) is 1.55. The number of nitrogens with zero attached hydrogens (tertiary/aromatic N) is 2. The third kappa shape index (κ3) is 2.99. The zero-order valence-electron chi connectivity index (χ0n) is 10.5. The molecule has 0 aromatic carbocycles. The standard InChI is InChI=1S/C11H17N3O4/c1-3-5-13-6-8(12)10(16)14(11(13)17)7-9(15)18-4-2/h6H,3-5,7,12H2,1-2H3. The Morgan fingerprint density at radius 2 is 2.06 bits per heavy atom. The first-order chi connectivity index (χ1) is 8.51. The summed E-state index contributed by atoms with van der Waals surface area (Å²) in [7, 11) is 0. The molecule has 0 aliphatic rings. The van der Waals surface area contributed by atoms with Crippen molar-refractivity contribution in [2.45, 2.75) is 33.4 Å². The summed E-state index contributed by atoms with van der Waals surface area (Å²) in [6, 6.07) is 0. The topological polar surface area (TPSA) is 96.3 Å².